The summed E-state index contributed by atoms with van der Waals surface area (Å²) in [7, 11) is -3.06. The van der Waals surface area contributed by atoms with Crippen molar-refractivity contribution in [2.24, 2.45) is 0 Å². The highest BCUT2D eigenvalue weighted by Gasteiger charge is 2.43. The SMILES string of the molecule is C=C(C)C(F)(F)CN(C1CCN(C(=O)OC(C)(C)C)CC1)S(=O)(=O)c1cc(Br)ccc1OC. The smallest absolute Gasteiger partial charge is 0.410 e. The van der Waals surface area contributed by atoms with Gasteiger partial charge in [0, 0.05) is 23.6 Å². The second-order valence-electron chi connectivity index (χ2n) is 9.03. The summed E-state index contributed by atoms with van der Waals surface area (Å²) in [4.78, 5) is 13.6. The zero-order chi connectivity index (χ0) is 25.2. The number of benzene rings is 1. The summed E-state index contributed by atoms with van der Waals surface area (Å²) < 4.78 is 68.5. The number of methoxy groups -OCH3 is 1. The summed E-state index contributed by atoms with van der Waals surface area (Å²) in [5, 5.41) is 0. The van der Waals surface area contributed by atoms with Crippen molar-refractivity contribution in [2.45, 2.75) is 63.0 Å². The summed E-state index contributed by atoms with van der Waals surface area (Å²) in [5.74, 6) is -3.39. The zero-order valence-corrected chi connectivity index (χ0v) is 21.9. The molecule has 186 valence electrons. The molecule has 0 saturated carbocycles. The molecule has 1 saturated heterocycles. The lowest BCUT2D eigenvalue weighted by Crippen LogP contribution is -2.52. The Morgan fingerprint density at radius 3 is 2.33 bits per heavy atom. The maximum atomic E-state index is 14.7. The molecule has 11 heteroatoms. The van der Waals surface area contributed by atoms with Gasteiger partial charge in [0.25, 0.3) is 5.92 Å². The Bertz CT molecular complexity index is 987. The Labute approximate surface area is 202 Å². The van der Waals surface area contributed by atoms with E-state index >= 15 is 0 Å². The molecule has 0 unspecified atom stereocenters. The van der Waals surface area contributed by atoms with Crippen molar-refractivity contribution in [3.63, 3.8) is 0 Å². The van der Waals surface area contributed by atoms with Crippen LogP contribution in [0.2, 0.25) is 0 Å². The van der Waals surface area contributed by atoms with E-state index in [2.05, 4.69) is 22.5 Å². The van der Waals surface area contributed by atoms with Crippen molar-refractivity contribution in [2.75, 3.05) is 26.7 Å². The molecule has 2 rings (SSSR count). The molecule has 33 heavy (non-hydrogen) atoms. The van der Waals surface area contributed by atoms with Crippen LogP contribution in [-0.2, 0) is 14.8 Å². The molecule has 1 heterocycles. The van der Waals surface area contributed by atoms with Crippen LogP contribution in [0.25, 0.3) is 0 Å². The predicted molar refractivity (Wildman–Crippen MR) is 125 cm³/mol. The van der Waals surface area contributed by atoms with Gasteiger partial charge in [0.2, 0.25) is 10.0 Å². The summed E-state index contributed by atoms with van der Waals surface area (Å²) in [6.45, 7) is 9.03. The summed E-state index contributed by atoms with van der Waals surface area (Å²) in [6, 6.07) is 3.64. The van der Waals surface area contributed by atoms with E-state index in [0.717, 1.165) is 11.2 Å². The third kappa shape index (κ3) is 6.89. The predicted octanol–water partition coefficient (Wildman–Crippen LogP) is 5.06. The Balaban J connectivity index is 2.38. The molecule has 1 fully saturated rings. The average Bonchev–Trinajstić information content (AvgIpc) is 2.70. The first kappa shape index (κ1) is 27.5. The maximum Gasteiger partial charge on any atom is 0.410 e. The molecule has 0 N–H and O–H groups in total. The molecule has 0 atom stereocenters. The van der Waals surface area contributed by atoms with E-state index in [9.17, 15) is 22.0 Å². The molecular weight excluding hydrogens is 522 g/mol. The number of piperidine rings is 1. The fourth-order valence-electron chi connectivity index (χ4n) is 3.38. The van der Waals surface area contributed by atoms with Crippen LogP contribution >= 0.6 is 15.9 Å². The van der Waals surface area contributed by atoms with E-state index < -0.39 is 45.8 Å². The van der Waals surface area contributed by atoms with Crippen LogP contribution in [0.15, 0.2) is 39.7 Å². The van der Waals surface area contributed by atoms with Crippen LogP contribution in [0.1, 0.15) is 40.5 Å². The summed E-state index contributed by atoms with van der Waals surface area (Å²) in [5.41, 5.74) is -1.11. The number of sulfonamides is 1. The summed E-state index contributed by atoms with van der Waals surface area (Å²) >= 11 is 3.24. The van der Waals surface area contributed by atoms with Crippen molar-refractivity contribution >= 4 is 32.0 Å². The number of alkyl halides is 2. The Morgan fingerprint density at radius 2 is 1.85 bits per heavy atom. The maximum absolute atomic E-state index is 14.7. The minimum atomic E-state index is -4.38. The fraction of sp³-hybridized carbons (Fsp3) is 0.591. The molecule has 1 aromatic rings. The zero-order valence-electron chi connectivity index (χ0n) is 19.5. The van der Waals surface area contributed by atoms with Gasteiger partial charge in [0.15, 0.2) is 0 Å². The monoisotopic (exact) mass is 552 g/mol. The summed E-state index contributed by atoms with van der Waals surface area (Å²) in [6.07, 6.45) is -0.154. The largest absolute Gasteiger partial charge is 0.495 e. The minimum Gasteiger partial charge on any atom is -0.495 e. The Morgan fingerprint density at radius 1 is 1.27 bits per heavy atom. The van der Waals surface area contributed by atoms with E-state index in [1.165, 1.54) is 24.1 Å². The highest BCUT2D eigenvalue weighted by atomic mass is 79.9. The fourth-order valence-corrected chi connectivity index (χ4v) is 5.76. The van der Waals surface area contributed by atoms with Gasteiger partial charge in [-0.15, -0.1) is 0 Å². The minimum absolute atomic E-state index is 0.0491. The van der Waals surface area contributed by atoms with Gasteiger partial charge in [-0.05, 0) is 64.3 Å². The van der Waals surface area contributed by atoms with Gasteiger partial charge in [-0.1, -0.05) is 22.5 Å². The standard InChI is InChI=1S/C22H31BrF2N2O5S/c1-15(2)22(24,25)14-27(33(29,30)19-13-16(23)7-8-18(19)31-6)17-9-11-26(12-10-17)20(28)32-21(3,4)5/h7-8,13,17H,1,9-12,14H2,2-6H3. The first-order chi connectivity index (χ1) is 15.1. The van der Waals surface area contributed by atoms with Gasteiger partial charge in [-0.2, -0.15) is 4.31 Å². The molecule has 1 aliphatic rings. The molecule has 1 aliphatic heterocycles. The molecule has 1 amide bonds. The molecule has 0 aliphatic carbocycles. The molecule has 0 aromatic heterocycles. The number of halogens is 3. The van der Waals surface area contributed by atoms with Crippen LogP contribution in [0.4, 0.5) is 13.6 Å². The second-order valence-corrected chi connectivity index (χ2v) is 11.8. The van der Waals surface area contributed by atoms with Crippen LogP contribution < -0.4 is 4.74 Å². The average molecular weight is 553 g/mol. The number of nitrogens with zero attached hydrogens (tertiary/aromatic N) is 2. The third-order valence-corrected chi connectivity index (χ3v) is 7.63. The highest BCUT2D eigenvalue weighted by Crippen LogP contribution is 2.35. The molecule has 0 bridgehead atoms. The number of hydrogen-bond donors (Lipinski definition) is 0. The lowest BCUT2D eigenvalue weighted by atomic mass is 10.0. The molecule has 0 radical (unpaired) electrons. The van der Waals surface area contributed by atoms with Crippen LogP contribution in [0, 0.1) is 0 Å². The third-order valence-electron chi connectivity index (χ3n) is 5.21. The van der Waals surface area contributed by atoms with Crippen LogP contribution in [-0.4, -0.2) is 68.0 Å². The van der Waals surface area contributed by atoms with Gasteiger partial charge >= 0.3 is 6.09 Å². The molecule has 1 aromatic carbocycles. The van der Waals surface area contributed by atoms with Crippen molar-refractivity contribution in [1.82, 2.24) is 9.21 Å². The Hall–Kier alpha value is -1.72. The van der Waals surface area contributed by atoms with Gasteiger partial charge in [-0.25, -0.2) is 22.0 Å². The molecule has 7 nitrogen and oxygen atoms in total. The van der Waals surface area contributed by atoms with Crippen molar-refractivity contribution < 1.29 is 31.5 Å². The first-order valence-electron chi connectivity index (χ1n) is 10.5. The number of amides is 1. The normalized spacial score (nSPS) is 16.1. The van der Waals surface area contributed by atoms with Gasteiger partial charge in [-0.3, -0.25) is 0 Å². The number of carbonyl (C=O) groups is 1. The van der Waals surface area contributed by atoms with Gasteiger partial charge < -0.3 is 14.4 Å². The molecular formula is C22H31BrF2N2O5S. The van der Waals surface area contributed by atoms with E-state index in [-0.39, 0.29) is 36.6 Å². The number of hydrogen-bond acceptors (Lipinski definition) is 5. The second kappa shape index (κ2) is 10.3. The number of ether oxygens (including phenoxy) is 2. The number of likely N-dealkylation sites (tertiary alicyclic amines) is 1. The van der Waals surface area contributed by atoms with E-state index in [0.29, 0.717) is 4.47 Å². The van der Waals surface area contributed by atoms with Crippen LogP contribution in [0.5, 0.6) is 5.75 Å². The lowest BCUT2D eigenvalue weighted by Gasteiger charge is -2.39. The first-order valence-corrected chi connectivity index (χ1v) is 12.7. The van der Waals surface area contributed by atoms with Gasteiger partial charge in [0.05, 0.1) is 13.7 Å². The van der Waals surface area contributed by atoms with Crippen LogP contribution in [0.3, 0.4) is 0 Å². The highest BCUT2D eigenvalue weighted by molar-refractivity contribution is 9.10. The number of rotatable bonds is 7. The van der Waals surface area contributed by atoms with Crippen molar-refractivity contribution in [3.05, 3.63) is 34.8 Å². The molecule has 0 spiro atoms. The topological polar surface area (TPSA) is 76.2 Å². The van der Waals surface area contributed by atoms with Crippen molar-refractivity contribution in [1.29, 1.82) is 0 Å². The number of carbonyl (C=O) groups excluding carboxylic acids is 1. The lowest BCUT2D eigenvalue weighted by molar-refractivity contribution is 0.000475. The van der Waals surface area contributed by atoms with E-state index in [1.807, 2.05) is 0 Å². The quantitative estimate of drug-likeness (QED) is 0.442. The van der Waals surface area contributed by atoms with E-state index in [4.69, 9.17) is 9.47 Å². The van der Waals surface area contributed by atoms with Crippen molar-refractivity contribution in [3.8, 4) is 5.75 Å². The Kier molecular flexibility index (Phi) is 8.56. The van der Waals surface area contributed by atoms with E-state index in [1.54, 1.807) is 26.8 Å². The van der Waals surface area contributed by atoms with Gasteiger partial charge in [0.1, 0.15) is 16.2 Å².